The van der Waals surface area contributed by atoms with Gasteiger partial charge in [-0.05, 0) is 93.0 Å². The van der Waals surface area contributed by atoms with Crippen LogP contribution >= 0.6 is 0 Å². The van der Waals surface area contributed by atoms with Gasteiger partial charge >= 0.3 is 8.72 Å². The first-order chi connectivity index (χ1) is 30.2. The Bertz CT molecular complexity index is 3250. The summed E-state index contributed by atoms with van der Waals surface area (Å²) in [7, 11) is -3.57. The Morgan fingerprint density at radius 1 is 0.246 bits per heavy atom. The normalized spacial score (nSPS) is 13.4. The van der Waals surface area contributed by atoms with E-state index >= 15 is 0 Å². The number of nitrogens with zero attached hydrogens (tertiary/aromatic N) is 8. The molecule has 0 N–H and O–H groups in total. The van der Waals surface area contributed by atoms with Crippen molar-refractivity contribution in [2.24, 2.45) is 0 Å². The molecule has 0 saturated heterocycles. The third kappa shape index (κ3) is 4.36. The largest absolute Gasteiger partial charge is 0.527 e. The fraction of sp³-hybridized carbons (Fsp3) is 0. The minimum absolute atomic E-state index is 0.841. The zero-order chi connectivity index (χ0) is 39.8. The highest BCUT2D eigenvalue weighted by molar-refractivity contribution is 6.80. The fourth-order valence-electron chi connectivity index (χ4n) is 9.98. The summed E-state index contributed by atoms with van der Waals surface area (Å²) in [6.07, 6.45) is 0. The standard InChI is InChI=1S/C52H32N8Si/c1-5-13-33(14-6-1)37-21-25-45-41(29-37)53-49-50-54-42-30-38(34-15-7-2-8-16-34)22-26-46(42)58(50)61(57(45)49)59-47-27-23-39(35-17-9-3-10-18-35)31-43(47)55-51(59)52-56-44-32-40(24-28-48(44)60(52)61)36-19-11-4-12-20-36/h1-32H. The number of hydrogen-bond donors (Lipinski definition) is 0. The van der Waals surface area contributed by atoms with E-state index in [-0.39, 0.29) is 0 Å². The zero-order valence-electron chi connectivity index (χ0n) is 32.6. The number of imidazole rings is 4. The van der Waals surface area contributed by atoms with E-state index in [0.717, 1.165) is 112 Å². The third-order valence-electron chi connectivity index (χ3n) is 12.6. The molecule has 2 aliphatic heterocycles. The van der Waals surface area contributed by atoms with Gasteiger partial charge in [0.05, 0.1) is 44.1 Å². The quantitative estimate of drug-likeness (QED) is 0.166. The van der Waals surface area contributed by atoms with Crippen LogP contribution in [0.25, 0.3) is 112 Å². The molecule has 61 heavy (non-hydrogen) atoms. The van der Waals surface area contributed by atoms with Crippen LogP contribution in [-0.2, 0) is 0 Å². The molecule has 0 unspecified atom stereocenters. The van der Waals surface area contributed by atoms with Crippen LogP contribution in [0, 0.1) is 0 Å². The monoisotopic (exact) mass is 796 g/mol. The first-order valence-electron chi connectivity index (χ1n) is 20.6. The van der Waals surface area contributed by atoms with Gasteiger partial charge in [-0.1, -0.05) is 146 Å². The van der Waals surface area contributed by atoms with Gasteiger partial charge in [0, 0.05) is 0 Å². The van der Waals surface area contributed by atoms with Crippen molar-refractivity contribution in [2.75, 3.05) is 0 Å². The highest BCUT2D eigenvalue weighted by Crippen LogP contribution is 2.49. The van der Waals surface area contributed by atoms with Crippen molar-refractivity contribution in [3.63, 3.8) is 0 Å². The summed E-state index contributed by atoms with van der Waals surface area (Å²) >= 11 is 0. The van der Waals surface area contributed by atoms with Crippen LogP contribution in [0.3, 0.4) is 0 Å². The molecule has 6 heterocycles. The average Bonchev–Trinajstić information content (AvgIpc) is 4.16. The Hall–Kier alpha value is -8.14. The summed E-state index contributed by atoms with van der Waals surface area (Å²) < 4.78 is 10.1. The predicted octanol–water partition coefficient (Wildman–Crippen LogP) is 11.6. The molecule has 12 aromatic rings. The molecule has 1 spiro atoms. The Balaban J connectivity index is 1.12. The van der Waals surface area contributed by atoms with E-state index < -0.39 is 8.72 Å². The first kappa shape index (κ1) is 32.8. The van der Waals surface area contributed by atoms with Crippen LogP contribution in [0.2, 0.25) is 0 Å². The molecule has 9 heteroatoms. The summed E-state index contributed by atoms with van der Waals surface area (Å²) in [5.74, 6) is 3.37. The van der Waals surface area contributed by atoms with Gasteiger partial charge < -0.3 is 0 Å². The predicted molar refractivity (Wildman–Crippen MR) is 246 cm³/mol. The average molecular weight is 797 g/mol. The van der Waals surface area contributed by atoms with E-state index in [1.165, 1.54) is 0 Å². The SMILES string of the molecule is c1ccc(-c2ccc3c(c2)nc2n3[Si]3(n4c-2nc2cc(-c5ccccc5)ccc24)n2c(nc4cc(-c5ccccc5)ccc42)-c2nc4cc(-c5ccccc5)ccc4n23)cc1. The van der Waals surface area contributed by atoms with E-state index in [4.69, 9.17) is 19.9 Å². The van der Waals surface area contributed by atoms with Gasteiger partial charge in [0.15, 0.2) is 23.3 Å². The Morgan fingerprint density at radius 3 is 0.705 bits per heavy atom. The van der Waals surface area contributed by atoms with Crippen molar-refractivity contribution in [3.8, 4) is 67.8 Å². The second kappa shape index (κ2) is 12.0. The van der Waals surface area contributed by atoms with Crippen molar-refractivity contribution < 1.29 is 0 Å². The van der Waals surface area contributed by atoms with Gasteiger partial charge in [-0.15, -0.1) is 0 Å². The minimum atomic E-state index is -3.57. The van der Waals surface area contributed by atoms with E-state index in [2.05, 4.69) is 211 Å². The minimum Gasteiger partial charge on any atom is -0.295 e. The van der Waals surface area contributed by atoms with E-state index in [9.17, 15) is 0 Å². The Labute approximate surface area is 350 Å². The Kier molecular flexibility index (Phi) is 6.43. The molecule has 0 saturated carbocycles. The summed E-state index contributed by atoms with van der Waals surface area (Å²) in [6.45, 7) is 0. The number of hydrogen-bond acceptors (Lipinski definition) is 4. The Morgan fingerprint density at radius 2 is 0.475 bits per heavy atom. The molecule has 4 aromatic heterocycles. The van der Waals surface area contributed by atoms with Crippen LogP contribution in [0.1, 0.15) is 0 Å². The van der Waals surface area contributed by atoms with Crippen molar-refractivity contribution in [3.05, 3.63) is 194 Å². The summed E-state index contributed by atoms with van der Waals surface area (Å²) in [6, 6.07) is 69.0. The molecule has 0 atom stereocenters. The third-order valence-corrected chi connectivity index (χ3v) is 16.9. The molecule has 0 amide bonds. The lowest BCUT2D eigenvalue weighted by atomic mass is 10.1. The van der Waals surface area contributed by atoms with Gasteiger partial charge in [-0.25, -0.2) is 19.9 Å². The van der Waals surface area contributed by atoms with Gasteiger partial charge in [0.2, 0.25) is 0 Å². The topological polar surface area (TPSA) is 71.3 Å². The van der Waals surface area contributed by atoms with Gasteiger partial charge in [-0.2, -0.15) is 0 Å². The molecular formula is C52H32N8Si. The fourth-order valence-corrected chi connectivity index (χ4v) is 15.0. The molecule has 8 aromatic carbocycles. The van der Waals surface area contributed by atoms with Crippen molar-refractivity contribution in [2.45, 2.75) is 0 Å². The van der Waals surface area contributed by atoms with Gasteiger partial charge in [0.25, 0.3) is 0 Å². The number of benzene rings is 8. The lowest BCUT2D eigenvalue weighted by molar-refractivity contribution is 0.955. The van der Waals surface area contributed by atoms with Crippen molar-refractivity contribution >= 4 is 52.9 Å². The second-order valence-electron chi connectivity index (χ2n) is 16.0. The smallest absolute Gasteiger partial charge is 0.295 e. The molecule has 8 nitrogen and oxygen atoms in total. The lowest BCUT2D eigenvalue weighted by Crippen LogP contribution is -2.59. The highest BCUT2D eigenvalue weighted by atomic mass is 28.4. The lowest BCUT2D eigenvalue weighted by Gasteiger charge is -2.30. The van der Waals surface area contributed by atoms with Gasteiger partial charge in [-0.3, -0.25) is 16.9 Å². The highest BCUT2D eigenvalue weighted by Gasteiger charge is 2.62. The van der Waals surface area contributed by atoms with E-state index in [1.807, 2.05) is 0 Å². The molecule has 2 aliphatic rings. The second-order valence-corrected chi connectivity index (χ2v) is 19.0. The maximum Gasteiger partial charge on any atom is 0.527 e. The number of fused-ring (bicyclic) bond motifs is 18. The van der Waals surface area contributed by atoms with Crippen molar-refractivity contribution in [1.82, 2.24) is 36.9 Å². The summed E-state index contributed by atoms with van der Waals surface area (Å²) in [5, 5.41) is 0. The molecule has 0 bridgehead atoms. The number of aromatic nitrogens is 8. The van der Waals surface area contributed by atoms with Gasteiger partial charge in [0.1, 0.15) is 0 Å². The molecule has 14 rings (SSSR count). The number of rotatable bonds is 4. The first-order valence-corrected chi connectivity index (χ1v) is 22.4. The molecule has 0 aliphatic carbocycles. The van der Waals surface area contributed by atoms with Crippen LogP contribution in [0.4, 0.5) is 0 Å². The van der Waals surface area contributed by atoms with Crippen LogP contribution in [0.15, 0.2) is 194 Å². The van der Waals surface area contributed by atoms with E-state index in [0.29, 0.717) is 0 Å². The molecule has 0 radical (unpaired) electrons. The molecule has 284 valence electrons. The zero-order valence-corrected chi connectivity index (χ0v) is 33.6. The maximum absolute atomic E-state index is 5.54. The molecular weight excluding hydrogens is 765 g/mol. The van der Waals surface area contributed by atoms with Crippen LogP contribution < -0.4 is 0 Å². The summed E-state index contributed by atoms with van der Waals surface area (Å²) in [5.41, 5.74) is 17.0. The maximum atomic E-state index is 5.54. The van der Waals surface area contributed by atoms with E-state index in [1.54, 1.807) is 0 Å². The van der Waals surface area contributed by atoms with Crippen molar-refractivity contribution in [1.29, 1.82) is 0 Å². The molecule has 0 fully saturated rings. The van der Waals surface area contributed by atoms with Crippen LogP contribution in [0.5, 0.6) is 0 Å². The summed E-state index contributed by atoms with van der Waals surface area (Å²) in [4.78, 5) is 22.2. The van der Waals surface area contributed by atoms with Crippen LogP contribution in [-0.4, -0.2) is 45.6 Å².